The Labute approximate surface area is 138 Å². The van der Waals surface area contributed by atoms with E-state index in [0.29, 0.717) is 24.3 Å². The first kappa shape index (κ1) is 16.3. The van der Waals surface area contributed by atoms with Gasteiger partial charge in [0.05, 0.1) is 6.61 Å². The van der Waals surface area contributed by atoms with Crippen LogP contribution in [0, 0.1) is 5.92 Å². The third-order valence-corrected chi connectivity index (χ3v) is 5.06. The molecule has 3 atom stereocenters. The maximum absolute atomic E-state index is 12.2. The highest BCUT2D eigenvalue weighted by Crippen LogP contribution is 2.31. The minimum Gasteiger partial charge on any atom is -0.479 e. The van der Waals surface area contributed by atoms with Crippen molar-refractivity contribution in [3.8, 4) is 5.75 Å². The topological polar surface area (TPSA) is 38.8 Å². The molecule has 1 aromatic carbocycles. The maximum Gasteiger partial charge on any atom is 0.347 e. The molecule has 1 aromatic rings. The molecule has 23 heavy (non-hydrogen) atoms. The van der Waals surface area contributed by atoms with E-state index in [-0.39, 0.29) is 5.97 Å². The van der Waals surface area contributed by atoms with Crippen LogP contribution in [0.5, 0.6) is 5.75 Å². The molecule has 2 saturated heterocycles. The van der Waals surface area contributed by atoms with Gasteiger partial charge in [-0.05, 0) is 57.8 Å². The van der Waals surface area contributed by atoms with Crippen molar-refractivity contribution in [2.45, 2.75) is 51.2 Å². The van der Waals surface area contributed by atoms with Crippen molar-refractivity contribution >= 4 is 5.97 Å². The predicted molar refractivity (Wildman–Crippen MR) is 89.4 cm³/mol. The summed E-state index contributed by atoms with van der Waals surface area (Å²) in [5.41, 5.74) is 0. The molecule has 0 aromatic heterocycles. The highest BCUT2D eigenvalue weighted by molar-refractivity contribution is 5.74. The summed E-state index contributed by atoms with van der Waals surface area (Å²) in [6, 6.07) is 10.0. The molecule has 4 heteroatoms. The lowest BCUT2D eigenvalue weighted by Crippen LogP contribution is -2.49. The lowest BCUT2D eigenvalue weighted by atomic mass is 9.84. The smallest absolute Gasteiger partial charge is 0.347 e. The zero-order valence-corrected chi connectivity index (χ0v) is 13.9. The van der Waals surface area contributed by atoms with Crippen LogP contribution in [-0.4, -0.2) is 42.7 Å². The summed E-state index contributed by atoms with van der Waals surface area (Å²) in [7, 11) is 0. The Bertz CT molecular complexity index is 503. The van der Waals surface area contributed by atoms with Crippen LogP contribution in [-0.2, 0) is 9.53 Å². The van der Waals surface area contributed by atoms with Crippen LogP contribution in [0.3, 0.4) is 0 Å². The number of hydrogen-bond donors (Lipinski definition) is 0. The molecule has 2 fully saturated rings. The van der Waals surface area contributed by atoms with Crippen molar-refractivity contribution in [2.24, 2.45) is 5.92 Å². The Kier molecular flexibility index (Phi) is 5.55. The second kappa shape index (κ2) is 7.82. The lowest BCUT2D eigenvalue weighted by Gasteiger charge is -2.44. The third-order valence-electron chi connectivity index (χ3n) is 5.06. The SMILES string of the molecule is C[C@@H](Oc1ccccc1)C(=O)OC[C@H]1CCCN2CCCC[C@H]12. The van der Waals surface area contributed by atoms with Crippen LogP contribution in [0.4, 0.5) is 0 Å². The van der Waals surface area contributed by atoms with Gasteiger partial charge in [0.15, 0.2) is 6.10 Å². The first-order chi connectivity index (χ1) is 11.2. The number of nitrogens with zero attached hydrogens (tertiary/aromatic N) is 1. The molecule has 0 bridgehead atoms. The molecule has 0 unspecified atom stereocenters. The number of benzene rings is 1. The quantitative estimate of drug-likeness (QED) is 0.781. The van der Waals surface area contributed by atoms with Crippen molar-refractivity contribution < 1.29 is 14.3 Å². The number of fused-ring (bicyclic) bond motifs is 1. The zero-order chi connectivity index (χ0) is 16.1. The minimum absolute atomic E-state index is 0.262. The number of para-hydroxylation sites is 1. The second-order valence-corrected chi connectivity index (χ2v) is 6.70. The van der Waals surface area contributed by atoms with Crippen LogP contribution in [0.25, 0.3) is 0 Å². The van der Waals surface area contributed by atoms with Gasteiger partial charge in [0, 0.05) is 12.0 Å². The second-order valence-electron chi connectivity index (χ2n) is 6.70. The van der Waals surface area contributed by atoms with Gasteiger partial charge in [0.1, 0.15) is 5.75 Å². The van der Waals surface area contributed by atoms with Crippen molar-refractivity contribution in [3.63, 3.8) is 0 Å². The van der Waals surface area contributed by atoms with E-state index >= 15 is 0 Å². The standard InChI is InChI=1S/C19H27NO3/c1-15(23-17-9-3-2-4-10-17)19(21)22-14-16-8-7-13-20-12-6-5-11-18(16)20/h2-4,9-10,15-16,18H,5-8,11-14H2,1H3/t15-,16-,18-/m1/s1. The van der Waals surface area contributed by atoms with Crippen molar-refractivity contribution in [1.29, 1.82) is 0 Å². The Morgan fingerprint density at radius 1 is 1.17 bits per heavy atom. The molecule has 2 aliphatic rings. The fraction of sp³-hybridized carbons (Fsp3) is 0.632. The molecule has 0 N–H and O–H groups in total. The fourth-order valence-electron chi connectivity index (χ4n) is 3.83. The first-order valence-electron chi connectivity index (χ1n) is 8.86. The Morgan fingerprint density at radius 3 is 2.78 bits per heavy atom. The molecule has 126 valence electrons. The largest absolute Gasteiger partial charge is 0.479 e. The van der Waals surface area contributed by atoms with Crippen LogP contribution < -0.4 is 4.74 Å². The van der Waals surface area contributed by atoms with Crippen LogP contribution in [0.1, 0.15) is 39.0 Å². The summed E-state index contributed by atoms with van der Waals surface area (Å²) < 4.78 is 11.2. The van der Waals surface area contributed by atoms with Crippen LogP contribution in [0.15, 0.2) is 30.3 Å². The number of ether oxygens (including phenoxy) is 2. The van der Waals surface area contributed by atoms with E-state index in [1.807, 2.05) is 30.3 Å². The van der Waals surface area contributed by atoms with E-state index < -0.39 is 6.10 Å². The lowest BCUT2D eigenvalue weighted by molar-refractivity contribution is -0.154. The van der Waals surface area contributed by atoms with Gasteiger partial charge >= 0.3 is 5.97 Å². The summed E-state index contributed by atoms with van der Waals surface area (Å²) in [4.78, 5) is 14.8. The van der Waals surface area contributed by atoms with Crippen LogP contribution in [0.2, 0.25) is 0 Å². The molecule has 2 heterocycles. The summed E-state index contributed by atoms with van der Waals surface area (Å²) in [5.74, 6) is 0.923. The van der Waals surface area contributed by atoms with Gasteiger partial charge in [0.2, 0.25) is 0 Å². The maximum atomic E-state index is 12.2. The van der Waals surface area contributed by atoms with Gasteiger partial charge in [-0.2, -0.15) is 0 Å². The molecule has 0 radical (unpaired) electrons. The van der Waals surface area contributed by atoms with E-state index in [9.17, 15) is 4.79 Å². The van der Waals surface area contributed by atoms with Crippen molar-refractivity contribution in [3.05, 3.63) is 30.3 Å². The number of rotatable bonds is 5. The van der Waals surface area contributed by atoms with Gasteiger partial charge in [-0.15, -0.1) is 0 Å². The molecule has 3 rings (SSSR count). The highest BCUT2D eigenvalue weighted by Gasteiger charge is 2.34. The Hall–Kier alpha value is -1.55. The van der Waals surface area contributed by atoms with Crippen LogP contribution >= 0.6 is 0 Å². The summed E-state index contributed by atoms with van der Waals surface area (Å²) in [6.07, 6.45) is 5.68. The van der Waals surface area contributed by atoms with Gasteiger partial charge in [-0.3, -0.25) is 4.90 Å². The molecule has 4 nitrogen and oxygen atoms in total. The molecular formula is C19H27NO3. The van der Waals surface area contributed by atoms with Crippen molar-refractivity contribution in [2.75, 3.05) is 19.7 Å². The van der Waals surface area contributed by atoms with E-state index in [0.717, 1.165) is 0 Å². The Morgan fingerprint density at radius 2 is 1.96 bits per heavy atom. The normalized spacial score (nSPS) is 26.1. The summed E-state index contributed by atoms with van der Waals surface area (Å²) in [6.45, 7) is 4.71. The van der Waals surface area contributed by atoms with E-state index in [1.54, 1.807) is 6.92 Å². The average molecular weight is 317 g/mol. The Balaban J connectivity index is 1.48. The summed E-state index contributed by atoms with van der Waals surface area (Å²) >= 11 is 0. The third kappa shape index (κ3) is 4.25. The number of carbonyl (C=O) groups excluding carboxylic acids is 1. The van der Waals surface area contributed by atoms with Gasteiger partial charge in [0.25, 0.3) is 0 Å². The van der Waals surface area contributed by atoms with E-state index in [1.165, 1.54) is 45.2 Å². The fourth-order valence-corrected chi connectivity index (χ4v) is 3.83. The molecular weight excluding hydrogens is 290 g/mol. The first-order valence-corrected chi connectivity index (χ1v) is 8.86. The highest BCUT2D eigenvalue weighted by atomic mass is 16.6. The average Bonchev–Trinajstić information content (AvgIpc) is 2.60. The molecule has 0 saturated carbocycles. The van der Waals surface area contributed by atoms with Gasteiger partial charge in [-0.25, -0.2) is 4.79 Å². The van der Waals surface area contributed by atoms with Gasteiger partial charge < -0.3 is 9.47 Å². The molecule has 0 aliphatic carbocycles. The van der Waals surface area contributed by atoms with Crippen molar-refractivity contribution in [1.82, 2.24) is 4.90 Å². The predicted octanol–water partition coefficient (Wildman–Crippen LogP) is 3.26. The van der Waals surface area contributed by atoms with E-state index in [2.05, 4.69) is 4.90 Å². The monoisotopic (exact) mass is 317 g/mol. The van der Waals surface area contributed by atoms with Gasteiger partial charge in [-0.1, -0.05) is 24.6 Å². The number of carbonyl (C=O) groups is 1. The minimum atomic E-state index is -0.566. The zero-order valence-electron chi connectivity index (χ0n) is 13.9. The molecule has 0 spiro atoms. The molecule has 2 aliphatic heterocycles. The summed E-state index contributed by atoms with van der Waals surface area (Å²) in [5, 5.41) is 0. The van der Waals surface area contributed by atoms with E-state index in [4.69, 9.17) is 9.47 Å². The molecule has 0 amide bonds. The number of esters is 1. The number of piperidine rings is 2. The number of hydrogen-bond acceptors (Lipinski definition) is 4.